The highest BCUT2D eigenvalue weighted by molar-refractivity contribution is 5.93. The fraction of sp³-hybridized carbons (Fsp3) is 0.417. The van der Waals surface area contributed by atoms with Crippen LogP contribution in [0, 0.1) is 0 Å². The standard InChI is InChI=1S/C24H28N2O3/c1-23(2,3)29-22(28)26-17-15-24(26,19-12-8-5-9-13-19)21(27)25-16-14-20(25)18-10-6-4-7-11-18/h4-13,20H,14-17H2,1-3H3/t20-,24+/m0/s1/i20D. The zero-order chi connectivity index (χ0) is 21.6. The summed E-state index contributed by atoms with van der Waals surface area (Å²) in [6.45, 7) is 6.39. The average Bonchev–Trinajstić information content (AvgIpc) is 2.66. The average molecular weight is 394 g/mol. The van der Waals surface area contributed by atoms with E-state index in [-0.39, 0.29) is 5.91 Å². The Bertz CT molecular complexity index is 944. The Hall–Kier alpha value is -2.82. The van der Waals surface area contributed by atoms with Gasteiger partial charge < -0.3 is 9.64 Å². The molecule has 2 atom stereocenters. The van der Waals surface area contributed by atoms with Crippen LogP contribution in [0.2, 0.25) is 0 Å². The number of rotatable bonds is 3. The van der Waals surface area contributed by atoms with Crippen molar-refractivity contribution >= 4 is 12.0 Å². The molecule has 0 unspecified atom stereocenters. The van der Waals surface area contributed by atoms with Gasteiger partial charge in [-0.05, 0) is 38.3 Å². The van der Waals surface area contributed by atoms with E-state index < -0.39 is 23.3 Å². The molecule has 0 spiro atoms. The molecule has 29 heavy (non-hydrogen) atoms. The van der Waals surface area contributed by atoms with Crippen LogP contribution < -0.4 is 0 Å². The summed E-state index contributed by atoms with van der Waals surface area (Å²) in [5.41, 5.74) is -0.242. The lowest BCUT2D eigenvalue weighted by Gasteiger charge is -2.55. The van der Waals surface area contributed by atoms with Gasteiger partial charge in [0.25, 0.3) is 5.91 Å². The van der Waals surface area contributed by atoms with Gasteiger partial charge in [-0.3, -0.25) is 9.69 Å². The number of likely N-dealkylation sites (tertiary alicyclic amines) is 2. The van der Waals surface area contributed by atoms with Gasteiger partial charge in [0.1, 0.15) is 5.60 Å². The fourth-order valence-electron chi connectivity index (χ4n) is 4.08. The molecule has 0 aliphatic carbocycles. The van der Waals surface area contributed by atoms with Gasteiger partial charge >= 0.3 is 6.09 Å². The van der Waals surface area contributed by atoms with Crippen molar-refractivity contribution in [1.82, 2.24) is 9.80 Å². The molecule has 2 saturated heterocycles. The van der Waals surface area contributed by atoms with Crippen molar-refractivity contribution in [3.05, 3.63) is 71.8 Å². The van der Waals surface area contributed by atoms with E-state index in [9.17, 15) is 9.59 Å². The molecule has 2 aromatic carbocycles. The predicted octanol–water partition coefficient (Wildman–Crippen LogP) is 4.50. The summed E-state index contributed by atoms with van der Waals surface area (Å²) in [5, 5.41) is 0. The van der Waals surface area contributed by atoms with Gasteiger partial charge in [-0.25, -0.2) is 4.79 Å². The lowest BCUT2D eigenvalue weighted by molar-refractivity contribution is -0.163. The van der Waals surface area contributed by atoms with Crippen molar-refractivity contribution < 1.29 is 15.7 Å². The molecule has 4 rings (SSSR count). The first-order chi connectivity index (χ1) is 14.2. The summed E-state index contributed by atoms with van der Waals surface area (Å²) < 4.78 is 14.6. The number of carbonyl (C=O) groups is 2. The third kappa shape index (κ3) is 3.39. The van der Waals surface area contributed by atoms with Crippen LogP contribution in [0.5, 0.6) is 0 Å². The van der Waals surface area contributed by atoms with Gasteiger partial charge in [0.2, 0.25) is 0 Å². The van der Waals surface area contributed by atoms with E-state index in [1.54, 1.807) is 4.90 Å². The van der Waals surface area contributed by atoms with Crippen LogP contribution in [0.1, 0.15) is 52.1 Å². The van der Waals surface area contributed by atoms with Crippen molar-refractivity contribution in [3.63, 3.8) is 0 Å². The monoisotopic (exact) mass is 393 g/mol. The van der Waals surface area contributed by atoms with E-state index in [0.717, 1.165) is 11.1 Å². The maximum Gasteiger partial charge on any atom is 0.411 e. The minimum atomic E-state index is -1.13. The van der Waals surface area contributed by atoms with Crippen molar-refractivity contribution in [2.45, 2.75) is 50.8 Å². The molecule has 2 aliphatic heterocycles. The Labute approximate surface area is 173 Å². The number of nitrogens with zero attached hydrogens (tertiary/aromatic N) is 2. The molecule has 2 aliphatic rings. The zero-order valence-electron chi connectivity index (χ0n) is 18.2. The molecule has 0 bridgehead atoms. The number of amides is 2. The molecular formula is C24H28N2O3. The second kappa shape index (κ2) is 7.21. The summed E-state index contributed by atoms with van der Waals surface area (Å²) in [5.74, 6) is -0.212. The predicted molar refractivity (Wildman–Crippen MR) is 111 cm³/mol. The van der Waals surface area contributed by atoms with Crippen molar-refractivity contribution in [1.29, 1.82) is 0 Å². The van der Waals surface area contributed by atoms with E-state index in [2.05, 4.69) is 0 Å². The van der Waals surface area contributed by atoms with Gasteiger partial charge in [-0.2, -0.15) is 0 Å². The number of hydrogen-bond donors (Lipinski definition) is 0. The normalized spacial score (nSPS) is 26.8. The highest BCUT2D eigenvalue weighted by Crippen LogP contribution is 2.46. The van der Waals surface area contributed by atoms with Crippen LogP contribution in [0.25, 0.3) is 0 Å². The van der Waals surface area contributed by atoms with Gasteiger partial charge in [-0.1, -0.05) is 60.7 Å². The van der Waals surface area contributed by atoms with Gasteiger partial charge in [-0.15, -0.1) is 0 Å². The van der Waals surface area contributed by atoms with Gasteiger partial charge in [0, 0.05) is 19.5 Å². The summed E-state index contributed by atoms with van der Waals surface area (Å²) in [6, 6.07) is 17.7. The number of hydrogen-bond acceptors (Lipinski definition) is 3. The van der Waals surface area contributed by atoms with Gasteiger partial charge in [0.15, 0.2) is 5.54 Å². The largest absolute Gasteiger partial charge is 0.444 e. The highest BCUT2D eigenvalue weighted by atomic mass is 16.6. The maximum absolute atomic E-state index is 14.0. The molecule has 2 heterocycles. The number of benzene rings is 2. The SMILES string of the molecule is [2H][C@@]1(c2ccccc2)CCN1C(=O)[C@]1(c2ccccc2)CCN1C(=O)OC(C)(C)C. The van der Waals surface area contributed by atoms with E-state index in [1.165, 1.54) is 4.90 Å². The van der Waals surface area contributed by atoms with Crippen LogP contribution >= 0.6 is 0 Å². The van der Waals surface area contributed by atoms with E-state index in [4.69, 9.17) is 6.11 Å². The van der Waals surface area contributed by atoms with Crippen LogP contribution in [0.4, 0.5) is 4.79 Å². The molecule has 2 amide bonds. The first-order valence-electron chi connectivity index (χ1n) is 10.6. The smallest absolute Gasteiger partial charge is 0.411 e. The quantitative estimate of drug-likeness (QED) is 0.772. The Morgan fingerprint density at radius 2 is 1.66 bits per heavy atom. The molecule has 2 aromatic rings. The molecule has 0 aromatic heterocycles. The molecule has 0 saturated carbocycles. The minimum Gasteiger partial charge on any atom is -0.444 e. The first-order valence-corrected chi connectivity index (χ1v) is 10.1. The van der Waals surface area contributed by atoms with Crippen LogP contribution in [0.15, 0.2) is 60.7 Å². The summed E-state index contributed by atoms with van der Waals surface area (Å²) in [7, 11) is 0. The van der Waals surface area contributed by atoms with Crippen molar-refractivity contribution in [2.75, 3.05) is 13.1 Å². The first kappa shape index (κ1) is 18.2. The van der Waals surface area contributed by atoms with Crippen molar-refractivity contribution in [3.8, 4) is 0 Å². The maximum atomic E-state index is 14.0. The molecule has 2 fully saturated rings. The van der Waals surface area contributed by atoms with Crippen molar-refractivity contribution in [2.24, 2.45) is 0 Å². The Morgan fingerprint density at radius 3 is 2.14 bits per heavy atom. The Morgan fingerprint density at radius 1 is 1.03 bits per heavy atom. The minimum absolute atomic E-state index is 0.212. The lowest BCUT2D eigenvalue weighted by Crippen LogP contribution is -2.69. The Kier molecular flexibility index (Phi) is 4.53. The van der Waals surface area contributed by atoms with E-state index >= 15 is 0 Å². The second-order valence-electron chi connectivity index (χ2n) is 8.63. The van der Waals surface area contributed by atoms with Crippen LogP contribution in [0.3, 0.4) is 0 Å². The highest BCUT2D eigenvalue weighted by Gasteiger charge is 2.58. The molecule has 5 nitrogen and oxygen atoms in total. The van der Waals surface area contributed by atoms with Gasteiger partial charge in [0.05, 0.1) is 7.39 Å². The molecule has 5 heteroatoms. The number of ether oxygens (including phenoxy) is 1. The lowest BCUT2D eigenvalue weighted by atomic mass is 9.75. The van der Waals surface area contributed by atoms with E-state index in [1.807, 2.05) is 81.4 Å². The molecular weight excluding hydrogens is 364 g/mol. The fourth-order valence-corrected chi connectivity index (χ4v) is 4.08. The molecule has 152 valence electrons. The van der Waals surface area contributed by atoms with Crippen LogP contribution in [-0.4, -0.2) is 40.5 Å². The summed E-state index contributed by atoms with van der Waals surface area (Å²) in [4.78, 5) is 30.1. The third-order valence-corrected chi connectivity index (χ3v) is 5.63. The molecule has 0 radical (unpaired) electrons. The number of carbonyl (C=O) groups excluding carboxylic acids is 2. The zero-order valence-corrected chi connectivity index (χ0v) is 17.2. The summed E-state index contributed by atoms with van der Waals surface area (Å²) in [6.07, 6.45) is 0.582. The second-order valence-corrected chi connectivity index (χ2v) is 8.63. The molecule has 0 N–H and O–H groups in total. The third-order valence-electron chi connectivity index (χ3n) is 5.63. The Balaban J connectivity index is 1.71. The topological polar surface area (TPSA) is 49.9 Å². The van der Waals surface area contributed by atoms with E-state index in [0.29, 0.717) is 25.9 Å². The van der Waals surface area contributed by atoms with Crippen LogP contribution in [-0.2, 0) is 15.1 Å². The summed E-state index contributed by atoms with van der Waals surface area (Å²) >= 11 is 0.